The lowest BCUT2D eigenvalue weighted by atomic mass is 10.0. The second-order valence-electron chi connectivity index (χ2n) is 5.58. The summed E-state index contributed by atoms with van der Waals surface area (Å²) in [6.45, 7) is 0. The molecule has 2 aromatic carbocycles. The summed E-state index contributed by atoms with van der Waals surface area (Å²) >= 11 is 11.9. The molecular formula is C17H16Cl2N4O2. The van der Waals surface area contributed by atoms with Gasteiger partial charge in [-0.15, -0.1) is 0 Å². The van der Waals surface area contributed by atoms with Crippen LogP contribution in [0.4, 0.5) is 0 Å². The Morgan fingerprint density at radius 3 is 2.48 bits per heavy atom. The minimum atomic E-state index is -0.536. The molecule has 0 radical (unpaired) electrons. The third-order valence-corrected chi connectivity index (χ3v) is 4.74. The average Bonchev–Trinajstić information content (AvgIpc) is 3.13. The van der Waals surface area contributed by atoms with E-state index >= 15 is 0 Å². The van der Waals surface area contributed by atoms with Gasteiger partial charge in [-0.05, 0) is 24.1 Å². The van der Waals surface area contributed by atoms with Gasteiger partial charge < -0.3 is 0 Å². The number of nitrogens with one attached hydrogen (secondary N) is 4. The molecule has 1 saturated heterocycles. The largest absolute Gasteiger partial charge is 0.271 e. The molecule has 2 atom stereocenters. The van der Waals surface area contributed by atoms with Crippen LogP contribution in [0, 0.1) is 0 Å². The quantitative estimate of drug-likeness (QED) is 0.618. The van der Waals surface area contributed by atoms with E-state index in [0.717, 1.165) is 5.56 Å². The molecular weight excluding hydrogens is 363 g/mol. The van der Waals surface area contributed by atoms with Crippen molar-refractivity contribution in [2.45, 2.75) is 18.5 Å². The molecule has 0 saturated carbocycles. The molecule has 0 aromatic heterocycles. The molecule has 1 heterocycles. The smallest absolute Gasteiger partial charge is 0.271 e. The molecule has 0 aliphatic carbocycles. The Kier molecular flexibility index (Phi) is 5.55. The molecule has 0 spiro atoms. The molecule has 6 nitrogen and oxygen atoms in total. The molecule has 4 N–H and O–H groups in total. The van der Waals surface area contributed by atoms with Gasteiger partial charge in [-0.2, -0.15) is 0 Å². The van der Waals surface area contributed by atoms with Gasteiger partial charge in [0.15, 0.2) is 0 Å². The standard InChI is InChI=1S/C17H16Cl2N4O2/c18-12-8-4-7-11(15(12)19)16(24)22-23-17(25)14-9-13(20-21-14)10-5-2-1-3-6-10/h1-8,13-14,20-21H,9H2,(H,22,24)(H,23,25). The van der Waals surface area contributed by atoms with Crippen LogP contribution in [0.2, 0.25) is 10.0 Å². The van der Waals surface area contributed by atoms with Crippen LogP contribution < -0.4 is 21.7 Å². The third-order valence-electron chi connectivity index (χ3n) is 3.92. The maximum Gasteiger partial charge on any atom is 0.271 e. The van der Waals surface area contributed by atoms with Crippen LogP contribution in [0.5, 0.6) is 0 Å². The molecule has 1 aliphatic rings. The van der Waals surface area contributed by atoms with Crippen molar-refractivity contribution in [1.29, 1.82) is 0 Å². The van der Waals surface area contributed by atoms with Gasteiger partial charge in [0.25, 0.3) is 11.8 Å². The van der Waals surface area contributed by atoms with Crippen LogP contribution in [-0.4, -0.2) is 17.9 Å². The minimum absolute atomic E-state index is 0.0232. The molecule has 1 aliphatic heterocycles. The molecule has 2 unspecified atom stereocenters. The number of hydrogen-bond acceptors (Lipinski definition) is 4. The summed E-state index contributed by atoms with van der Waals surface area (Å²) in [4.78, 5) is 24.3. The fourth-order valence-electron chi connectivity index (χ4n) is 2.58. The van der Waals surface area contributed by atoms with E-state index in [1.165, 1.54) is 6.07 Å². The second kappa shape index (κ2) is 7.84. The Balaban J connectivity index is 1.55. The van der Waals surface area contributed by atoms with Crippen LogP contribution in [0.25, 0.3) is 0 Å². The first-order chi connectivity index (χ1) is 12.1. The van der Waals surface area contributed by atoms with Crippen LogP contribution in [0.1, 0.15) is 28.4 Å². The number of carbonyl (C=O) groups is 2. The predicted octanol–water partition coefficient (Wildman–Crippen LogP) is 2.36. The van der Waals surface area contributed by atoms with E-state index in [2.05, 4.69) is 21.7 Å². The number of rotatable bonds is 3. The zero-order valence-corrected chi connectivity index (χ0v) is 14.6. The van der Waals surface area contributed by atoms with Crippen molar-refractivity contribution in [3.63, 3.8) is 0 Å². The first-order valence-corrected chi connectivity index (χ1v) is 8.42. The van der Waals surface area contributed by atoms with Gasteiger partial charge in [0, 0.05) is 6.04 Å². The van der Waals surface area contributed by atoms with Crippen molar-refractivity contribution in [3.05, 3.63) is 69.7 Å². The summed E-state index contributed by atoms with van der Waals surface area (Å²) in [7, 11) is 0. The molecule has 0 bridgehead atoms. The van der Waals surface area contributed by atoms with Crippen molar-refractivity contribution in [3.8, 4) is 0 Å². The zero-order chi connectivity index (χ0) is 17.8. The normalized spacial score (nSPS) is 19.4. The molecule has 2 aromatic rings. The third kappa shape index (κ3) is 4.11. The molecule has 8 heteroatoms. The van der Waals surface area contributed by atoms with Crippen molar-refractivity contribution in [2.75, 3.05) is 0 Å². The zero-order valence-electron chi connectivity index (χ0n) is 13.1. The van der Waals surface area contributed by atoms with Gasteiger partial charge in [-0.25, -0.2) is 10.9 Å². The van der Waals surface area contributed by atoms with Crippen LogP contribution in [-0.2, 0) is 4.79 Å². The maximum absolute atomic E-state index is 12.2. The van der Waals surface area contributed by atoms with Crippen molar-refractivity contribution < 1.29 is 9.59 Å². The number of halogens is 2. The van der Waals surface area contributed by atoms with Gasteiger partial charge in [0.2, 0.25) is 0 Å². The summed E-state index contributed by atoms with van der Waals surface area (Å²) in [5.74, 6) is -0.885. The van der Waals surface area contributed by atoms with Crippen molar-refractivity contribution in [2.24, 2.45) is 0 Å². The van der Waals surface area contributed by atoms with E-state index in [1.807, 2.05) is 30.3 Å². The molecule has 3 rings (SSSR count). The maximum atomic E-state index is 12.2. The van der Waals surface area contributed by atoms with Gasteiger partial charge in [0.1, 0.15) is 6.04 Å². The van der Waals surface area contributed by atoms with Gasteiger partial charge >= 0.3 is 0 Å². The second-order valence-corrected chi connectivity index (χ2v) is 6.37. The lowest BCUT2D eigenvalue weighted by Gasteiger charge is -2.12. The average molecular weight is 379 g/mol. The Labute approximate surface area is 154 Å². The number of amides is 2. The SMILES string of the molecule is O=C(NNC(=O)C1CC(c2ccccc2)NN1)c1cccc(Cl)c1Cl. The van der Waals surface area contributed by atoms with E-state index in [1.54, 1.807) is 12.1 Å². The minimum Gasteiger partial charge on any atom is -0.271 e. The van der Waals surface area contributed by atoms with E-state index in [9.17, 15) is 9.59 Å². The van der Waals surface area contributed by atoms with E-state index in [4.69, 9.17) is 23.2 Å². The van der Waals surface area contributed by atoms with E-state index in [-0.39, 0.29) is 27.6 Å². The van der Waals surface area contributed by atoms with Crippen molar-refractivity contribution in [1.82, 2.24) is 21.7 Å². The Morgan fingerprint density at radius 1 is 0.960 bits per heavy atom. The Bertz CT molecular complexity index is 785. The number of hydrogen-bond donors (Lipinski definition) is 4. The summed E-state index contributed by atoms with van der Waals surface area (Å²) in [6.07, 6.45) is 0.559. The first kappa shape index (κ1) is 17.7. The summed E-state index contributed by atoms with van der Waals surface area (Å²) in [5.41, 5.74) is 12.0. The summed E-state index contributed by atoms with van der Waals surface area (Å²) in [6, 6.07) is 14.1. The molecule has 25 heavy (non-hydrogen) atoms. The van der Waals surface area contributed by atoms with Crippen molar-refractivity contribution >= 4 is 35.0 Å². The summed E-state index contributed by atoms with van der Waals surface area (Å²) < 4.78 is 0. The van der Waals surface area contributed by atoms with Crippen LogP contribution in [0.3, 0.4) is 0 Å². The fourth-order valence-corrected chi connectivity index (χ4v) is 2.97. The Morgan fingerprint density at radius 2 is 1.72 bits per heavy atom. The van der Waals surface area contributed by atoms with Gasteiger partial charge in [-0.3, -0.25) is 20.4 Å². The predicted molar refractivity (Wildman–Crippen MR) is 95.9 cm³/mol. The van der Waals surface area contributed by atoms with Gasteiger partial charge in [0.05, 0.1) is 15.6 Å². The van der Waals surface area contributed by atoms with Crippen LogP contribution >= 0.6 is 23.2 Å². The number of hydrazine groups is 2. The fraction of sp³-hybridized carbons (Fsp3) is 0.176. The highest BCUT2D eigenvalue weighted by atomic mass is 35.5. The lowest BCUT2D eigenvalue weighted by molar-refractivity contribution is -0.123. The monoisotopic (exact) mass is 378 g/mol. The van der Waals surface area contributed by atoms with Crippen LogP contribution in [0.15, 0.2) is 48.5 Å². The molecule has 130 valence electrons. The Hall–Kier alpha value is -2.12. The number of benzene rings is 2. The van der Waals surface area contributed by atoms with E-state index in [0.29, 0.717) is 6.42 Å². The van der Waals surface area contributed by atoms with E-state index < -0.39 is 11.9 Å². The topological polar surface area (TPSA) is 82.3 Å². The summed E-state index contributed by atoms with van der Waals surface area (Å²) in [5, 5.41) is 0.411. The first-order valence-electron chi connectivity index (χ1n) is 7.66. The van der Waals surface area contributed by atoms with Gasteiger partial charge in [-0.1, -0.05) is 59.6 Å². The highest BCUT2D eigenvalue weighted by Crippen LogP contribution is 2.25. The highest BCUT2D eigenvalue weighted by Gasteiger charge is 2.30. The number of carbonyl (C=O) groups excluding carboxylic acids is 2. The molecule has 2 amide bonds. The highest BCUT2D eigenvalue weighted by molar-refractivity contribution is 6.43. The molecule has 1 fully saturated rings. The lowest BCUT2D eigenvalue weighted by Crippen LogP contribution is -2.50.